The Morgan fingerprint density at radius 3 is 2.04 bits per heavy atom. The summed E-state index contributed by atoms with van der Waals surface area (Å²) in [5, 5.41) is 0. The third-order valence-electron chi connectivity index (χ3n) is 6.59. The number of ketones is 2. The van der Waals surface area contributed by atoms with E-state index in [1.807, 2.05) is 12.2 Å². The summed E-state index contributed by atoms with van der Waals surface area (Å²) >= 11 is 0. The fraction of sp³-hybridized carbons (Fsp3) is 0.769. The van der Waals surface area contributed by atoms with Gasteiger partial charge in [0, 0.05) is 6.42 Å². The van der Waals surface area contributed by atoms with Crippen LogP contribution in [0.4, 0.5) is 0 Å². The van der Waals surface area contributed by atoms with E-state index in [4.69, 9.17) is 0 Å². The van der Waals surface area contributed by atoms with Crippen molar-refractivity contribution in [1.82, 2.24) is 0 Å². The average Bonchev–Trinajstić information content (AvgIpc) is 2.71. The molecule has 2 aliphatic rings. The van der Waals surface area contributed by atoms with Gasteiger partial charge in [-0.05, 0) is 37.2 Å². The van der Waals surface area contributed by atoms with E-state index in [1.54, 1.807) is 0 Å². The highest BCUT2D eigenvalue weighted by atomic mass is 16.2. The van der Waals surface area contributed by atoms with Crippen molar-refractivity contribution in [1.29, 1.82) is 0 Å². The molecule has 0 heterocycles. The number of carbonyl (C=O) groups excluding carboxylic acids is 2. The number of hydrogen-bond acceptors (Lipinski definition) is 2. The molecule has 0 spiro atoms. The number of allylic oxidation sites excluding steroid dienone is 4. The van der Waals surface area contributed by atoms with Crippen LogP contribution in [0, 0.1) is 11.8 Å². The van der Waals surface area contributed by atoms with Crippen LogP contribution in [-0.4, -0.2) is 11.6 Å². The zero-order valence-electron chi connectivity index (χ0n) is 18.2. The van der Waals surface area contributed by atoms with Gasteiger partial charge in [0.15, 0.2) is 5.78 Å². The lowest BCUT2D eigenvalue weighted by atomic mass is 9.72. The first-order chi connectivity index (χ1) is 13.7. The first-order valence-electron chi connectivity index (χ1n) is 12.2. The summed E-state index contributed by atoms with van der Waals surface area (Å²) in [6, 6.07) is 0. The van der Waals surface area contributed by atoms with Crippen LogP contribution < -0.4 is 0 Å². The summed E-state index contributed by atoms with van der Waals surface area (Å²) in [5.74, 6) is 0.353. The molecule has 1 fully saturated rings. The molecular formula is C26H42O2. The first kappa shape index (κ1) is 23.1. The predicted octanol–water partition coefficient (Wildman–Crippen LogP) is 7.52. The van der Waals surface area contributed by atoms with Crippen LogP contribution in [0.1, 0.15) is 116 Å². The third kappa shape index (κ3) is 8.05. The maximum atomic E-state index is 12.6. The summed E-state index contributed by atoms with van der Waals surface area (Å²) in [6.45, 7) is 2.27. The van der Waals surface area contributed by atoms with Crippen LogP contribution in [-0.2, 0) is 9.59 Å². The maximum absolute atomic E-state index is 12.6. The maximum Gasteiger partial charge on any atom is 0.169 e. The highest BCUT2D eigenvalue weighted by Crippen LogP contribution is 2.36. The SMILES string of the molecule is CCCCCCCCCCCCCCCC(=O)C1CCC2CC=CC=C2C1=O. The Balaban J connectivity index is 1.45. The van der Waals surface area contributed by atoms with Crippen molar-refractivity contribution >= 4 is 11.6 Å². The Morgan fingerprint density at radius 2 is 1.43 bits per heavy atom. The van der Waals surface area contributed by atoms with Gasteiger partial charge in [-0.1, -0.05) is 102 Å². The van der Waals surface area contributed by atoms with Gasteiger partial charge in [-0.15, -0.1) is 0 Å². The lowest BCUT2D eigenvalue weighted by Gasteiger charge is -2.30. The van der Waals surface area contributed by atoms with Gasteiger partial charge in [0.05, 0.1) is 5.92 Å². The van der Waals surface area contributed by atoms with Gasteiger partial charge in [-0.3, -0.25) is 9.59 Å². The molecule has 0 amide bonds. The minimum Gasteiger partial charge on any atom is -0.299 e. The standard InChI is InChI=1S/C26H42O2/c1-2-3-4-5-6-7-8-9-10-11-12-13-14-19-25(27)24-21-20-22-17-15-16-18-23(22)26(24)28/h15-16,18,22,24H,2-14,17,19-21H2,1H3. The number of carbonyl (C=O) groups is 2. The number of Topliss-reactive ketones (excluding diaryl/α,β-unsaturated/α-hetero) is 2. The zero-order chi connectivity index (χ0) is 20.0. The number of rotatable bonds is 15. The van der Waals surface area contributed by atoms with Crippen LogP contribution in [0.25, 0.3) is 0 Å². The van der Waals surface area contributed by atoms with Crippen LogP contribution in [0.2, 0.25) is 0 Å². The summed E-state index contributed by atoms with van der Waals surface area (Å²) in [5.41, 5.74) is 0.914. The second kappa shape index (κ2) is 13.9. The van der Waals surface area contributed by atoms with Gasteiger partial charge >= 0.3 is 0 Å². The Hall–Kier alpha value is -1.18. The van der Waals surface area contributed by atoms with Gasteiger partial charge < -0.3 is 0 Å². The average molecular weight is 387 g/mol. The molecule has 1 saturated carbocycles. The van der Waals surface area contributed by atoms with Crippen LogP contribution >= 0.6 is 0 Å². The molecule has 2 heteroatoms. The van der Waals surface area contributed by atoms with Crippen molar-refractivity contribution in [3.63, 3.8) is 0 Å². The Morgan fingerprint density at radius 1 is 0.857 bits per heavy atom. The fourth-order valence-electron chi connectivity index (χ4n) is 4.73. The molecule has 0 bridgehead atoms. The lowest BCUT2D eigenvalue weighted by Crippen LogP contribution is -2.33. The van der Waals surface area contributed by atoms with E-state index in [1.165, 1.54) is 70.6 Å². The van der Waals surface area contributed by atoms with Crippen LogP contribution in [0.3, 0.4) is 0 Å². The molecule has 2 atom stereocenters. The van der Waals surface area contributed by atoms with Crippen molar-refractivity contribution in [2.75, 3.05) is 0 Å². The molecule has 2 nitrogen and oxygen atoms in total. The third-order valence-corrected chi connectivity index (χ3v) is 6.59. The van der Waals surface area contributed by atoms with Crippen molar-refractivity contribution in [2.24, 2.45) is 11.8 Å². The molecule has 2 unspecified atom stereocenters. The fourth-order valence-corrected chi connectivity index (χ4v) is 4.73. The smallest absolute Gasteiger partial charge is 0.169 e. The van der Waals surface area contributed by atoms with E-state index >= 15 is 0 Å². The van der Waals surface area contributed by atoms with Crippen LogP contribution in [0.15, 0.2) is 23.8 Å². The lowest BCUT2D eigenvalue weighted by molar-refractivity contribution is -0.132. The molecule has 28 heavy (non-hydrogen) atoms. The zero-order valence-corrected chi connectivity index (χ0v) is 18.2. The monoisotopic (exact) mass is 386 g/mol. The molecule has 0 radical (unpaired) electrons. The Labute approximate surface area is 173 Å². The summed E-state index contributed by atoms with van der Waals surface area (Å²) in [4.78, 5) is 25.1. The molecule has 0 N–H and O–H groups in total. The second-order valence-electron chi connectivity index (χ2n) is 8.94. The van der Waals surface area contributed by atoms with E-state index in [-0.39, 0.29) is 17.5 Å². The van der Waals surface area contributed by atoms with Gasteiger partial charge in [0.2, 0.25) is 0 Å². The van der Waals surface area contributed by atoms with E-state index in [9.17, 15) is 9.59 Å². The van der Waals surface area contributed by atoms with Crippen molar-refractivity contribution < 1.29 is 9.59 Å². The molecule has 0 aliphatic heterocycles. The topological polar surface area (TPSA) is 34.1 Å². The van der Waals surface area contributed by atoms with E-state index in [0.717, 1.165) is 37.7 Å². The summed E-state index contributed by atoms with van der Waals surface area (Å²) in [6.07, 6.45) is 26.5. The highest BCUT2D eigenvalue weighted by Gasteiger charge is 2.36. The Bertz CT molecular complexity index is 529. The van der Waals surface area contributed by atoms with E-state index in [0.29, 0.717) is 12.3 Å². The van der Waals surface area contributed by atoms with E-state index in [2.05, 4.69) is 13.0 Å². The normalized spacial score (nSPS) is 21.5. The van der Waals surface area contributed by atoms with Crippen molar-refractivity contribution in [2.45, 2.75) is 116 Å². The van der Waals surface area contributed by atoms with Gasteiger partial charge in [0.1, 0.15) is 5.78 Å². The number of fused-ring (bicyclic) bond motifs is 1. The molecule has 0 aromatic carbocycles. The molecule has 0 aromatic rings. The molecule has 0 saturated heterocycles. The summed E-state index contributed by atoms with van der Waals surface area (Å²) in [7, 11) is 0. The van der Waals surface area contributed by atoms with Crippen molar-refractivity contribution in [3.05, 3.63) is 23.8 Å². The minimum absolute atomic E-state index is 0.125. The quantitative estimate of drug-likeness (QED) is 0.215. The predicted molar refractivity (Wildman–Crippen MR) is 118 cm³/mol. The molecule has 0 aromatic heterocycles. The second-order valence-corrected chi connectivity index (χ2v) is 8.94. The largest absolute Gasteiger partial charge is 0.299 e. The summed E-state index contributed by atoms with van der Waals surface area (Å²) < 4.78 is 0. The van der Waals surface area contributed by atoms with E-state index < -0.39 is 0 Å². The number of hydrogen-bond donors (Lipinski definition) is 0. The number of unbranched alkanes of at least 4 members (excludes halogenated alkanes) is 12. The Kier molecular flexibility index (Phi) is 11.5. The first-order valence-corrected chi connectivity index (χ1v) is 12.2. The van der Waals surface area contributed by atoms with Gasteiger partial charge in [-0.2, -0.15) is 0 Å². The van der Waals surface area contributed by atoms with Gasteiger partial charge in [-0.25, -0.2) is 0 Å². The molecule has 2 aliphatic carbocycles. The van der Waals surface area contributed by atoms with Crippen LogP contribution in [0.5, 0.6) is 0 Å². The minimum atomic E-state index is -0.341. The molecule has 2 rings (SSSR count). The van der Waals surface area contributed by atoms with Crippen molar-refractivity contribution in [3.8, 4) is 0 Å². The van der Waals surface area contributed by atoms with Gasteiger partial charge in [0.25, 0.3) is 0 Å². The molecule has 158 valence electrons. The molecular weight excluding hydrogens is 344 g/mol. The highest BCUT2D eigenvalue weighted by molar-refractivity contribution is 6.11.